The van der Waals surface area contributed by atoms with E-state index in [1.807, 2.05) is 0 Å². The molecule has 1 rings (SSSR count). The first-order chi connectivity index (χ1) is 2.80. The maximum atomic E-state index is 11.6. The van der Waals surface area contributed by atoms with E-state index in [0.29, 0.717) is 18.0 Å². The third kappa shape index (κ3) is 0.399. The van der Waals surface area contributed by atoms with Gasteiger partial charge in [-0.1, -0.05) is 0 Å². The number of halogens is 1. The Morgan fingerprint density at radius 3 is 2.33 bits per heavy atom. The van der Waals surface area contributed by atoms with Crippen molar-refractivity contribution in [2.24, 2.45) is 0 Å². The largest absolute Gasteiger partial charge is 0.311 e. The lowest BCUT2D eigenvalue weighted by Gasteiger charge is -2.27. The highest BCUT2D eigenvalue weighted by atomic mass is 19.1. The Morgan fingerprint density at radius 2 is 2.33 bits per heavy atom. The summed E-state index contributed by atoms with van der Waals surface area (Å²) in [7, 11) is 0. The molecule has 0 amide bonds. The van der Waals surface area contributed by atoms with Gasteiger partial charge in [0.1, 0.15) is 0 Å². The summed E-state index contributed by atoms with van der Waals surface area (Å²) in [5, 5.41) is 8.86. The summed E-state index contributed by atoms with van der Waals surface area (Å²) >= 11 is 0. The first-order valence-electron chi connectivity index (χ1n) is 1.90. The van der Waals surface area contributed by atoms with Crippen LogP contribution in [-0.4, -0.2) is 23.1 Å². The summed E-state index contributed by atoms with van der Waals surface area (Å²) in [5.74, 6) is 0. The van der Waals surface area contributed by atoms with Crippen molar-refractivity contribution >= 4 is 0 Å². The molecule has 1 unspecified atom stereocenters. The van der Waals surface area contributed by atoms with Crippen LogP contribution in [0.3, 0.4) is 0 Å². The van der Waals surface area contributed by atoms with Crippen molar-refractivity contribution in [2.45, 2.75) is 12.7 Å². The van der Waals surface area contributed by atoms with E-state index >= 15 is 0 Å². The highest BCUT2D eigenvalue weighted by Gasteiger charge is 2.24. The number of hydrogen-bond acceptors (Lipinski definition) is 2. The number of hydrogen-bond donors (Lipinski definition) is 1. The molecule has 0 aromatic heterocycles. The average molecular weight is 91.1 g/mol. The minimum Gasteiger partial charge on any atom is -0.311 e. The van der Waals surface area contributed by atoms with Crippen molar-refractivity contribution in [3.8, 4) is 0 Å². The van der Waals surface area contributed by atoms with Crippen LogP contribution in [0.1, 0.15) is 6.42 Å². The SMILES string of the molecule is ON1CCC1F. The van der Waals surface area contributed by atoms with Crippen molar-refractivity contribution in [1.82, 2.24) is 5.06 Å². The first kappa shape index (κ1) is 4.02. The van der Waals surface area contributed by atoms with Crippen molar-refractivity contribution < 1.29 is 9.60 Å². The highest BCUT2D eigenvalue weighted by Crippen LogP contribution is 2.13. The second-order valence-corrected chi connectivity index (χ2v) is 1.39. The molecule has 2 nitrogen and oxygen atoms in total. The van der Waals surface area contributed by atoms with Crippen LogP contribution in [0.5, 0.6) is 0 Å². The molecular formula is C3H6FNO. The van der Waals surface area contributed by atoms with Crippen LogP contribution < -0.4 is 0 Å². The third-order valence-corrected chi connectivity index (χ3v) is 0.920. The quantitative estimate of drug-likeness (QED) is 0.435. The number of nitrogens with zero attached hydrogens (tertiary/aromatic N) is 1. The number of hydroxylamine groups is 2. The van der Waals surface area contributed by atoms with Gasteiger partial charge in [0.15, 0.2) is 6.30 Å². The average Bonchev–Trinajstić information content (AvgIpc) is 1.61. The zero-order valence-electron chi connectivity index (χ0n) is 3.26. The molecule has 1 fully saturated rings. The van der Waals surface area contributed by atoms with Gasteiger partial charge in [-0.2, -0.15) is 5.06 Å². The van der Waals surface area contributed by atoms with E-state index < -0.39 is 6.30 Å². The second kappa shape index (κ2) is 1.17. The summed E-state index contributed by atoms with van der Waals surface area (Å²) in [5.41, 5.74) is 0. The third-order valence-electron chi connectivity index (χ3n) is 0.920. The van der Waals surface area contributed by atoms with Crippen molar-refractivity contribution in [2.75, 3.05) is 6.54 Å². The summed E-state index contributed by atoms with van der Waals surface area (Å²) < 4.78 is 11.6. The molecule has 3 heteroatoms. The van der Waals surface area contributed by atoms with Gasteiger partial charge < -0.3 is 5.21 Å². The minimum atomic E-state index is -1.08. The molecule has 1 atom stereocenters. The molecule has 0 spiro atoms. The standard InChI is InChI=1S/C3H6FNO/c4-3-1-2-5(3)6/h3,6H,1-2H2. The van der Waals surface area contributed by atoms with E-state index in [9.17, 15) is 4.39 Å². The molecule has 1 aliphatic rings. The fourth-order valence-corrected chi connectivity index (χ4v) is 0.342. The Bertz CT molecular complexity index is 50.8. The summed E-state index contributed by atoms with van der Waals surface area (Å²) in [4.78, 5) is 0. The predicted molar refractivity (Wildman–Crippen MR) is 18.0 cm³/mol. The molecule has 0 radical (unpaired) electrons. The lowest BCUT2D eigenvalue weighted by molar-refractivity contribution is -0.224. The molecule has 0 bridgehead atoms. The molecule has 36 valence electrons. The maximum Gasteiger partial charge on any atom is 0.176 e. The summed E-state index contributed by atoms with van der Waals surface area (Å²) in [6.45, 7) is 0.487. The number of alkyl halides is 1. The van der Waals surface area contributed by atoms with Crippen molar-refractivity contribution in [1.29, 1.82) is 0 Å². The maximum absolute atomic E-state index is 11.6. The molecular weight excluding hydrogens is 85.0 g/mol. The Labute approximate surface area is 35.1 Å². The summed E-state index contributed by atoms with van der Waals surface area (Å²) in [6.07, 6.45) is -0.596. The fourth-order valence-electron chi connectivity index (χ4n) is 0.342. The molecule has 0 aliphatic carbocycles. The second-order valence-electron chi connectivity index (χ2n) is 1.39. The lowest BCUT2D eigenvalue weighted by atomic mass is 10.3. The molecule has 0 saturated carbocycles. The van der Waals surface area contributed by atoms with Crippen LogP contribution in [0.4, 0.5) is 4.39 Å². The normalized spacial score (nSPS) is 36.0. The topological polar surface area (TPSA) is 23.5 Å². The van der Waals surface area contributed by atoms with Gasteiger partial charge in [-0.05, 0) is 0 Å². The predicted octanol–water partition coefficient (Wildman–Crippen LogP) is 0.377. The van der Waals surface area contributed by atoms with Crippen LogP contribution in [-0.2, 0) is 0 Å². The Balaban J connectivity index is 2.20. The highest BCUT2D eigenvalue weighted by molar-refractivity contribution is 4.63. The molecule has 1 heterocycles. The Kier molecular flexibility index (Phi) is 0.782. The van der Waals surface area contributed by atoms with Gasteiger partial charge in [-0.15, -0.1) is 0 Å². The van der Waals surface area contributed by atoms with Gasteiger partial charge in [0, 0.05) is 13.0 Å². The monoisotopic (exact) mass is 91.0 g/mol. The van der Waals surface area contributed by atoms with Gasteiger partial charge >= 0.3 is 0 Å². The van der Waals surface area contributed by atoms with Gasteiger partial charge in [-0.25, -0.2) is 4.39 Å². The van der Waals surface area contributed by atoms with Crippen molar-refractivity contribution in [3.63, 3.8) is 0 Å². The molecule has 1 saturated heterocycles. The molecule has 1 aliphatic heterocycles. The molecule has 0 aromatic rings. The molecule has 6 heavy (non-hydrogen) atoms. The van der Waals surface area contributed by atoms with Crippen LogP contribution in [0.15, 0.2) is 0 Å². The van der Waals surface area contributed by atoms with Crippen LogP contribution >= 0.6 is 0 Å². The van der Waals surface area contributed by atoms with E-state index in [4.69, 9.17) is 5.21 Å². The van der Waals surface area contributed by atoms with E-state index in [1.165, 1.54) is 0 Å². The first-order valence-corrected chi connectivity index (χ1v) is 1.90. The fraction of sp³-hybridized carbons (Fsp3) is 1.00. The Hall–Kier alpha value is -0.150. The Morgan fingerprint density at radius 1 is 1.83 bits per heavy atom. The van der Waals surface area contributed by atoms with Crippen LogP contribution in [0.25, 0.3) is 0 Å². The van der Waals surface area contributed by atoms with Crippen LogP contribution in [0, 0.1) is 0 Å². The van der Waals surface area contributed by atoms with E-state index in [1.54, 1.807) is 0 Å². The molecule has 0 aromatic carbocycles. The lowest BCUT2D eigenvalue weighted by Crippen LogP contribution is -2.41. The zero-order chi connectivity index (χ0) is 4.57. The van der Waals surface area contributed by atoms with Crippen LogP contribution in [0.2, 0.25) is 0 Å². The summed E-state index contributed by atoms with van der Waals surface area (Å²) in [6, 6.07) is 0. The zero-order valence-corrected chi connectivity index (χ0v) is 3.26. The molecule has 1 N–H and O–H groups in total. The smallest absolute Gasteiger partial charge is 0.176 e. The minimum absolute atomic E-state index is 0.483. The number of rotatable bonds is 0. The van der Waals surface area contributed by atoms with Gasteiger partial charge in [0.25, 0.3) is 0 Å². The van der Waals surface area contributed by atoms with E-state index in [2.05, 4.69) is 0 Å². The van der Waals surface area contributed by atoms with Gasteiger partial charge in [0.05, 0.1) is 0 Å². The van der Waals surface area contributed by atoms with Crippen molar-refractivity contribution in [3.05, 3.63) is 0 Å². The van der Waals surface area contributed by atoms with E-state index in [-0.39, 0.29) is 0 Å². The van der Waals surface area contributed by atoms with Gasteiger partial charge in [0.2, 0.25) is 0 Å². The van der Waals surface area contributed by atoms with E-state index in [0.717, 1.165) is 0 Å². The van der Waals surface area contributed by atoms with Gasteiger partial charge in [-0.3, -0.25) is 0 Å².